The number of rotatable bonds is 6. The molecule has 0 aromatic heterocycles. The summed E-state index contributed by atoms with van der Waals surface area (Å²) >= 11 is 0. The van der Waals surface area contributed by atoms with E-state index >= 15 is 0 Å². The van der Waals surface area contributed by atoms with E-state index in [-0.39, 0.29) is 12.2 Å². The third kappa shape index (κ3) is 5.83. The van der Waals surface area contributed by atoms with Crippen LogP contribution in [0.3, 0.4) is 0 Å². The number of amides is 2. The molecule has 18 heavy (non-hydrogen) atoms. The molecular formula is C12H15FN2O3. The molecule has 1 aromatic carbocycles. The van der Waals surface area contributed by atoms with Crippen LogP contribution < -0.4 is 10.6 Å². The van der Waals surface area contributed by atoms with Gasteiger partial charge in [-0.05, 0) is 37.1 Å². The van der Waals surface area contributed by atoms with E-state index in [9.17, 15) is 14.0 Å². The fraction of sp³-hybridized carbons (Fsp3) is 0.333. The summed E-state index contributed by atoms with van der Waals surface area (Å²) < 4.78 is 12.6. The third-order valence-electron chi connectivity index (χ3n) is 2.21. The number of carboxylic acids is 1. The van der Waals surface area contributed by atoms with E-state index in [2.05, 4.69) is 10.6 Å². The Morgan fingerprint density at radius 2 is 1.83 bits per heavy atom. The van der Waals surface area contributed by atoms with Gasteiger partial charge >= 0.3 is 12.0 Å². The highest BCUT2D eigenvalue weighted by Crippen LogP contribution is 2.07. The van der Waals surface area contributed by atoms with Gasteiger partial charge in [-0.1, -0.05) is 0 Å². The normalized spacial score (nSPS) is 9.83. The fourth-order valence-corrected chi connectivity index (χ4v) is 1.31. The molecule has 3 N–H and O–H groups in total. The van der Waals surface area contributed by atoms with Crippen LogP contribution in [-0.4, -0.2) is 23.7 Å². The van der Waals surface area contributed by atoms with Gasteiger partial charge in [0.25, 0.3) is 0 Å². The minimum Gasteiger partial charge on any atom is -0.481 e. The SMILES string of the molecule is O=C(O)CCCCNC(=O)Nc1ccc(F)cc1. The Labute approximate surface area is 104 Å². The van der Waals surface area contributed by atoms with Crippen molar-refractivity contribution in [3.05, 3.63) is 30.1 Å². The summed E-state index contributed by atoms with van der Waals surface area (Å²) in [5.74, 6) is -1.21. The van der Waals surface area contributed by atoms with Crippen LogP contribution in [0, 0.1) is 5.82 Å². The van der Waals surface area contributed by atoms with E-state index in [1.54, 1.807) is 0 Å². The molecule has 0 fully saturated rings. The van der Waals surface area contributed by atoms with E-state index in [1.807, 2.05) is 0 Å². The molecule has 0 unspecified atom stereocenters. The Kier molecular flexibility index (Phi) is 5.63. The van der Waals surface area contributed by atoms with Crippen molar-refractivity contribution in [3.63, 3.8) is 0 Å². The molecular weight excluding hydrogens is 239 g/mol. The first-order chi connectivity index (χ1) is 8.58. The van der Waals surface area contributed by atoms with Gasteiger partial charge in [0, 0.05) is 18.7 Å². The molecule has 98 valence electrons. The zero-order valence-corrected chi connectivity index (χ0v) is 9.78. The molecule has 0 aliphatic carbocycles. The van der Waals surface area contributed by atoms with Crippen molar-refractivity contribution < 1.29 is 19.1 Å². The van der Waals surface area contributed by atoms with Gasteiger partial charge in [-0.25, -0.2) is 9.18 Å². The molecule has 0 atom stereocenters. The first-order valence-electron chi connectivity index (χ1n) is 5.60. The molecule has 1 rings (SSSR count). The van der Waals surface area contributed by atoms with Crippen molar-refractivity contribution in [2.24, 2.45) is 0 Å². The van der Waals surface area contributed by atoms with E-state index in [4.69, 9.17) is 5.11 Å². The number of anilines is 1. The maximum atomic E-state index is 12.6. The van der Waals surface area contributed by atoms with Crippen LogP contribution in [0.15, 0.2) is 24.3 Å². The van der Waals surface area contributed by atoms with Gasteiger partial charge < -0.3 is 15.7 Å². The summed E-state index contributed by atoms with van der Waals surface area (Å²) in [7, 11) is 0. The quantitative estimate of drug-likeness (QED) is 0.681. The van der Waals surface area contributed by atoms with Crippen molar-refractivity contribution in [1.82, 2.24) is 5.32 Å². The average molecular weight is 254 g/mol. The predicted octanol–water partition coefficient (Wildman–Crippen LogP) is 2.20. The number of urea groups is 1. The van der Waals surface area contributed by atoms with E-state index in [0.29, 0.717) is 25.1 Å². The van der Waals surface area contributed by atoms with Crippen molar-refractivity contribution in [2.45, 2.75) is 19.3 Å². The number of nitrogens with one attached hydrogen (secondary N) is 2. The summed E-state index contributed by atoms with van der Waals surface area (Å²) in [4.78, 5) is 21.6. The second kappa shape index (κ2) is 7.26. The van der Waals surface area contributed by atoms with Crippen LogP contribution in [0.5, 0.6) is 0 Å². The zero-order chi connectivity index (χ0) is 13.4. The van der Waals surface area contributed by atoms with E-state index in [0.717, 1.165) is 0 Å². The Morgan fingerprint density at radius 1 is 1.17 bits per heavy atom. The van der Waals surface area contributed by atoms with Gasteiger partial charge in [0.05, 0.1) is 0 Å². The average Bonchev–Trinajstić information content (AvgIpc) is 2.31. The summed E-state index contributed by atoms with van der Waals surface area (Å²) in [5, 5.41) is 13.5. The standard InChI is InChI=1S/C12H15FN2O3/c13-9-4-6-10(7-5-9)15-12(18)14-8-2-1-3-11(16)17/h4-7H,1-3,8H2,(H,16,17)(H2,14,15,18). The third-order valence-corrected chi connectivity index (χ3v) is 2.21. The first kappa shape index (κ1) is 14.0. The number of hydrogen-bond donors (Lipinski definition) is 3. The lowest BCUT2D eigenvalue weighted by molar-refractivity contribution is -0.137. The van der Waals surface area contributed by atoms with Gasteiger partial charge in [-0.2, -0.15) is 0 Å². The van der Waals surface area contributed by atoms with Gasteiger partial charge in [0.15, 0.2) is 0 Å². The number of benzene rings is 1. The van der Waals surface area contributed by atoms with Crippen molar-refractivity contribution in [1.29, 1.82) is 0 Å². The van der Waals surface area contributed by atoms with Gasteiger partial charge in [-0.3, -0.25) is 4.79 Å². The minimum absolute atomic E-state index is 0.0985. The molecule has 0 saturated carbocycles. The van der Waals surface area contributed by atoms with Crippen molar-refractivity contribution in [2.75, 3.05) is 11.9 Å². The molecule has 2 amide bonds. The van der Waals surface area contributed by atoms with Crippen LogP contribution in [-0.2, 0) is 4.79 Å². The van der Waals surface area contributed by atoms with Crippen molar-refractivity contribution in [3.8, 4) is 0 Å². The fourth-order valence-electron chi connectivity index (χ4n) is 1.31. The molecule has 5 nitrogen and oxygen atoms in total. The number of halogens is 1. The van der Waals surface area contributed by atoms with E-state index < -0.39 is 12.0 Å². The molecule has 0 aliphatic heterocycles. The second-order valence-corrected chi connectivity index (χ2v) is 3.74. The van der Waals surface area contributed by atoms with Crippen molar-refractivity contribution >= 4 is 17.7 Å². The Bertz CT molecular complexity index is 406. The molecule has 0 heterocycles. The smallest absolute Gasteiger partial charge is 0.319 e. The summed E-state index contributed by atoms with van der Waals surface area (Å²) in [6.07, 6.45) is 1.22. The Morgan fingerprint density at radius 3 is 2.44 bits per heavy atom. The molecule has 0 bridgehead atoms. The Hall–Kier alpha value is -2.11. The minimum atomic E-state index is -0.842. The summed E-state index contributed by atoms with van der Waals surface area (Å²) in [6.45, 7) is 0.403. The zero-order valence-electron chi connectivity index (χ0n) is 9.78. The summed E-state index contributed by atoms with van der Waals surface area (Å²) in [5.41, 5.74) is 0.499. The lowest BCUT2D eigenvalue weighted by atomic mass is 10.2. The number of aliphatic carboxylic acids is 1. The monoisotopic (exact) mass is 254 g/mol. The highest BCUT2D eigenvalue weighted by atomic mass is 19.1. The molecule has 6 heteroatoms. The largest absolute Gasteiger partial charge is 0.481 e. The van der Waals surface area contributed by atoms with Gasteiger partial charge in [-0.15, -0.1) is 0 Å². The molecule has 0 aliphatic rings. The highest BCUT2D eigenvalue weighted by molar-refractivity contribution is 5.89. The molecule has 1 aromatic rings. The number of hydrogen-bond acceptors (Lipinski definition) is 2. The lowest BCUT2D eigenvalue weighted by Crippen LogP contribution is -2.29. The lowest BCUT2D eigenvalue weighted by Gasteiger charge is -2.07. The van der Waals surface area contributed by atoms with E-state index in [1.165, 1.54) is 24.3 Å². The molecule has 0 saturated heterocycles. The van der Waals surface area contributed by atoms with Gasteiger partial charge in [0.2, 0.25) is 0 Å². The number of carbonyl (C=O) groups is 2. The number of unbranched alkanes of at least 4 members (excludes halogenated alkanes) is 1. The predicted molar refractivity (Wildman–Crippen MR) is 64.9 cm³/mol. The second-order valence-electron chi connectivity index (χ2n) is 3.74. The molecule has 0 radical (unpaired) electrons. The van der Waals surface area contributed by atoms with Gasteiger partial charge in [0.1, 0.15) is 5.82 Å². The molecule has 0 spiro atoms. The van der Waals surface area contributed by atoms with Crippen LogP contribution in [0.4, 0.5) is 14.9 Å². The maximum absolute atomic E-state index is 12.6. The van der Waals surface area contributed by atoms with Crippen LogP contribution >= 0.6 is 0 Å². The maximum Gasteiger partial charge on any atom is 0.319 e. The van der Waals surface area contributed by atoms with Crippen LogP contribution in [0.1, 0.15) is 19.3 Å². The van der Waals surface area contributed by atoms with Crippen LogP contribution in [0.25, 0.3) is 0 Å². The number of carbonyl (C=O) groups excluding carboxylic acids is 1. The Balaban J connectivity index is 2.17. The topological polar surface area (TPSA) is 78.4 Å². The van der Waals surface area contributed by atoms with Crippen LogP contribution in [0.2, 0.25) is 0 Å². The number of carboxylic acid groups (broad SMARTS) is 1. The first-order valence-corrected chi connectivity index (χ1v) is 5.60. The summed E-state index contributed by atoms with van der Waals surface area (Å²) in [6, 6.07) is 5.03. The highest BCUT2D eigenvalue weighted by Gasteiger charge is 2.01.